The lowest BCUT2D eigenvalue weighted by atomic mass is 10.0. The Morgan fingerprint density at radius 3 is 2.08 bits per heavy atom. The van der Waals surface area contributed by atoms with Crippen molar-refractivity contribution in [1.29, 1.82) is 0 Å². The Labute approximate surface area is 71.5 Å². The highest BCUT2D eigenvalue weighted by atomic mass is 16.5. The van der Waals surface area contributed by atoms with Crippen LogP contribution in [0.15, 0.2) is 0 Å². The molecule has 0 heterocycles. The van der Waals surface area contributed by atoms with Crippen LogP contribution in [-0.2, 0) is 14.3 Å². The number of hydrogen-bond donors (Lipinski definition) is 2. The summed E-state index contributed by atoms with van der Waals surface area (Å²) in [5.74, 6) is -1.03. The lowest BCUT2D eigenvalue weighted by Crippen LogP contribution is -2.58. The van der Waals surface area contributed by atoms with Crippen LogP contribution in [0.2, 0.25) is 0 Å². The van der Waals surface area contributed by atoms with Crippen LogP contribution in [0.4, 0.5) is 0 Å². The van der Waals surface area contributed by atoms with E-state index in [0.717, 1.165) is 0 Å². The SMILES string of the molecule is CNC(=O)[C@@](C)(NC)C(=O)OC. The first-order valence-electron chi connectivity index (χ1n) is 3.52. The summed E-state index contributed by atoms with van der Waals surface area (Å²) in [6, 6.07) is 0. The largest absolute Gasteiger partial charge is 0.467 e. The van der Waals surface area contributed by atoms with Gasteiger partial charge in [0.05, 0.1) is 7.11 Å². The van der Waals surface area contributed by atoms with Gasteiger partial charge in [0.1, 0.15) is 0 Å². The van der Waals surface area contributed by atoms with Crippen LogP contribution < -0.4 is 10.6 Å². The fraction of sp³-hybridized carbons (Fsp3) is 0.714. The Balaban J connectivity index is 4.66. The van der Waals surface area contributed by atoms with E-state index in [1.54, 1.807) is 0 Å². The van der Waals surface area contributed by atoms with Crippen LogP contribution in [0.1, 0.15) is 6.92 Å². The quantitative estimate of drug-likeness (QED) is 0.420. The number of methoxy groups -OCH3 is 1. The molecule has 0 fully saturated rings. The van der Waals surface area contributed by atoms with Crippen molar-refractivity contribution >= 4 is 11.9 Å². The van der Waals surface area contributed by atoms with Crippen LogP contribution in [0.3, 0.4) is 0 Å². The molecule has 0 aliphatic carbocycles. The summed E-state index contributed by atoms with van der Waals surface area (Å²) in [7, 11) is 4.22. The highest BCUT2D eigenvalue weighted by molar-refractivity contribution is 6.06. The number of carbonyl (C=O) groups excluding carboxylic acids is 2. The van der Waals surface area contributed by atoms with E-state index in [4.69, 9.17) is 0 Å². The predicted molar refractivity (Wildman–Crippen MR) is 43.5 cm³/mol. The standard InChI is InChI=1S/C7H14N2O3/c1-7(9-3,5(10)8-2)6(11)12-4/h9H,1-4H3,(H,8,10)/t7-/m1/s1. The van der Waals surface area contributed by atoms with Crippen molar-refractivity contribution in [2.45, 2.75) is 12.5 Å². The number of hydrogen-bond acceptors (Lipinski definition) is 4. The van der Waals surface area contributed by atoms with E-state index in [0.29, 0.717) is 0 Å². The van der Waals surface area contributed by atoms with Crippen molar-refractivity contribution in [3.05, 3.63) is 0 Å². The molecule has 0 rings (SSSR count). The molecule has 0 spiro atoms. The van der Waals surface area contributed by atoms with Crippen molar-refractivity contribution < 1.29 is 14.3 Å². The maximum Gasteiger partial charge on any atom is 0.335 e. The average molecular weight is 174 g/mol. The molecule has 2 N–H and O–H groups in total. The molecule has 0 aliphatic heterocycles. The zero-order valence-corrected chi connectivity index (χ0v) is 7.72. The summed E-state index contributed by atoms with van der Waals surface area (Å²) in [6.07, 6.45) is 0. The minimum absolute atomic E-state index is 0.420. The number of nitrogens with one attached hydrogen (secondary N) is 2. The molecule has 1 atom stereocenters. The third kappa shape index (κ3) is 1.73. The van der Waals surface area contributed by atoms with E-state index in [1.807, 2.05) is 0 Å². The number of rotatable bonds is 3. The minimum atomic E-state index is -1.30. The molecule has 12 heavy (non-hydrogen) atoms. The molecule has 0 radical (unpaired) electrons. The first-order chi connectivity index (χ1) is 5.52. The van der Waals surface area contributed by atoms with Crippen LogP contribution in [-0.4, -0.2) is 38.6 Å². The van der Waals surface area contributed by atoms with Crippen LogP contribution in [0.5, 0.6) is 0 Å². The summed E-state index contributed by atoms with van der Waals surface area (Å²) in [5.41, 5.74) is -1.30. The van der Waals surface area contributed by atoms with Crippen LogP contribution in [0.25, 0.3) is 0 Å². The van der Waals surface area contributed by atoms with Crippen molar-refractivity contribution in [2.24, 2.45) is 0 Å². The molecule has 0 unspecified atom stereocenters. The smallest absolute Gasteiger partial charge is 0.335 e. The molecule has 0 aromatic heterocycles. The van der Waals surface area contributed by atoms with Gasteiger partial charge in [-0.2, -0.15) is 0 Å². The Kier molecular flexibility index (Phi) is 3.69. The van der Waals surface area contributed by atoms with Gasteiger partial charge in [-0.05, 0) is 14.0 Å². The van der Waals surface area contributed by atoms with E-state index in [-0.39, 0.29) is 0 Å². The summed E-state index contributed by atoms with van der Waals surface area (Å²) < 4.78 is 4.47. The summed E-state index contributed by atoms with van der Waals surface area (Å²) in [4.78, 5) is 22.3. The molecule has 0 aromatic carbocycles. The lowest BCUT2D eigenvalue weighted by Gasteiger charge is -2.23. The second-order valence-electron chi connectivity index (χ2n) is 2.45. The Bertz CT molecular complexity index is 175. The summed E-state index contributed by atoms with van der Waals surface area (Å²) in [6.45, 7) is 1.46. The Morgan fingerprint density at radius 2 is 1.83 bits per heavy atom. The van der Waals surface area contributed by atoms with Gasteiger partial charge in [-0.1, -0.05) is 0 Å². The van der Waals surface area contributed by atoms with Gasteiger partial charge < -0.3 is 10.1 Å². The minimum Gasteiger partial charge on any atom is -0.467 e. The summed E-state index contributed by atoms with van der Waals surface area (Å²) in [5, 5.41) is 4.96. The van der Waals surface area contributed by atoms with Crippen molar-refractivity contribution in [1.82, 2.24) is 10.6 Å². The monoisotopic (exact) mass is 174 g/mol. The average Bonchev–Trinajstić information content (AvgIpc) is 2.13. The van der Waals surface area contributed by atoms with E-state index in [2.05, 4.69) is 15.4 Å². The molecule has 5 nitrogen and oxygen atoms in total. The molecule has 0 aromatic rings. The highest BCUT2D eigenvalue weighted by Crippen LogP contribution is 2.04. The fourth-order valence-electron chi connectivity index (χ4n) is 0.762. The molecule has 0 bridgehead atoms. The maximum absolute atomic E-state index is 11.2. The lowest BCUT2D eigenvalue weighted by molar-refractivity contribution is -0.152. The fourth-order valence-corrected chi connectivity index (χ4v) is 0.762. The molecular weight excluding hydrogens is 160 g/mol. The highest BCUT2D eigenvalue weighted by Gasteiger charge is 2.40. The molecule has 0 saturated carbocycles. The van der Waals surface area contributed by atoms with Gasteiger partial charge in [0.25, 0.3) is 5.91 Å². The molecule has 5 heteroatoms. The molecule has 0 saturated heterocycles. The number of ether oxygens (including phenoxy) is 1. The van der Waals surface area contributed by atoms with Crippen LogP contribution >= 0.6 is 0 Å². The van der Waals surface area contributed by atoms with Gasteiger partial charge in [-0.3, -0.25) is 10.1 Å². The summed E-state index contributed by atoms with van der Waals surface area (Å²) >= 11 is 0. The molecule has 0 aliphatic rings. The first-order valence-corrected chi connectivity index (χ1v) is 3.52. The van der Waals surface area contributed by atoms with Crippen LogP contribution in [0, 0.1) is 0 Å². The number of esters is 1. The van der Waals surface area contributed by atoms with E-state index >= 15 is 0 Å². The second kappa shape index (κ2) is 4.06. The van der Waals surface area contributed by atoms with Crippen molar-refractivity contribution in [3.63, 3.8) is 0 Å². The van der Waals surface area contributed by atoms with Gasteiger partial charge in [0.2, 0.25) is 0 Å². The number of amides is 1. The van der Waals surface area contributed by atoms with Gasteiger partial charge in [0.15, 0.2) is 5.54 Å². The van der Waals surface area contributed by atoms with E-state index in [1.165, 1.54) is 28.1 Å². The first kappa shape index (κ1) is 10.9. The maximum atomic E-state index is 11.2. The zero-order valence-electron chi connectivity index (χ0n) is 7.72. The second-order valence-corrected chi connectivity index (χ2v) is 2.45. The van der Waals surface area contributed by atoms with Gasteiger partial charge in [0, 0.05) is 7.05 Å². The Hall–Kier alpha value is -1.10. The molecule has 70 valence electrons. The zero-order chi connectivity index (χ0) is 9.78. The number of likely N-dealkylation sites (N-methyl/N-ethyl adjacent to an activating group) is 2. The Morgan fingerprint density at radius 1 is 1.33 bits per heavy atom. The molecular formula is C7H14N2O3. The van der Waals surface area contributed by atoms with Gasteiger partial charge in [-0.15, -0.1) is 0 Å². The normalized spacial score (nSPS) is 14.7. The number of carbonyl (C=O) groups is 2. The third-order valence-corrected chi connectivity index (χ3v) is 1.77. The van der Waals surface area contributed by atoms with Gasteiger partial charge in [-0.25, -0.2) is 4.79 Å². The van der Waals surface area contributed by atoms with E-state index < -0.39 is 17.4 Å². The van der Waals surface area contributed by atoms with Gasteiger partial charge >= 0.3 is 5.97 Å². The predicted octanol–water partition coefficient (Wildman–Crippen LogP) is -1.12. The topological polar surface area (TPSA) is 67.4 Å². The van der Waals surface area contributed by atoms with Crippen molar-refractivity contribution in [3.8, 4) is 0 Å². The third-order valence-electron chi connectivity index (χ3n) is 1.77. The molecule has 1 amide bonds. The van der Waals surface area contributed by atoms with Crippen molar-refractivity contribution in [2.75, 3.05) is 21.2 Å². The van der Waals surface area contributed by atoms with E-state index in [9.17, 15) is 9.59 Å².